The van der Waals surface area contributed by atoms with Crippen molar-refractivity contribution in [2.45, 2.75) is 27.2 Å². The summed E-state index contributed by atoms with van der Waals surface area (Å²) in [5, 5.41) is 24.4. The molecule has 0 radical (unpaired) electrons. The van der Waals surface area contributed by atoms with Gasteiger partial charge in [-0.25, -0.2) is 4.68 Å². The summed E-state index contributed by atoms with van der Waals surface area (Å²) >= 11 is 0. The van der Waals surface area contributed by atoms with Crippen LogP contribution in [0.4, 0.5) is 17.1 Å². The van der Waals surface area contributed by atoms with Crippen LogP contribution in [0, 0.1) is 24.0 Å². The average molecular weight is 408 g/mol. The number of nitro groups is 1. The number of aromatic nitrogens is 3. The van der Waals surface area contributed by atoms with Gasteiger partial charge in [-0.15, -0.1) is 5.10 Å². The van der Waals surface area contributed by atoms with Crippen LogP contribution in [0.2, 0.25) is 0 Å². The van der Waals surface area contributed by atoms with Gasteiger partial charge in [0.15, 0.2) is 5.69 Å². The lowest BCUT2D eigenvalue weighted by molar-refractivity contribution is -0.384. The second-order valence-corrected chi connectivity index (χ2v) is 6.60. The third kappa shape index (κ3) is 4.32. The molecule has 0 aliphatic rings. The van der Waals surface area contributed by atoms with Crippen molar-refractivity contribution in [1.82, 2.24) is 15.0 Å². The molecule has 0 saturated carbocycles. The zero-order valence-electron chi connectivity index (χ0n) is 16.7. The van der Waals surface area contributed by atoms with Gasteiger partial charge < -0.3 is 10.6 Å². The number of carbonyl (C=O) groups is 2. The number of aryl methyl sites for hydroxylation is 1. The number of anilines is 2. The number of carbonyl (C=O) groups excluding carboxylic acids is 2. The molecule has 0 spiro atoms. The molecule has 1 heterocycles. The van der Waals surface area contributed by atoms with Crippen molar-refractivity contribution in [2.75, 3.05) is 10.6 Å². The molecule has 3 rings (SSSR count). The van der Waals surface area contributed by atoms with Gasteiger partial charge in [-0.3, -0.25) is 19.7 Å². The van der Waals surface area contributed by atoms with E-state index in [9.17, 15) is 19.7 Å². The van der Waals surface area contributed by atoms with Gasteiger partial charge in [-0.05, 0) is 37.6 Å². The van der Waals surface area contributed by atoms with Gasteiger partial charge in [-0.2, -0.15) is 0 Å². The first-order valence-electron chi connectivity index (χ1n) is 9.19. The van der Waals surface area contributed by atoms with Crippen LogP contribution < -0.4 is 10.6 Å². The Morgan fingerprint density at radius 2 is 1.90 bits per heavy atom. The molecule has 2 N–H and O–H groups in total. The van der Waals surface area contributed by atoms with Crippen LogP contribution in [-0.2, 0) is 4.79 Å². The van der Waals surface area contributed by atoms with Crippen molar-refractivity contribution >= 4 is 28.9 Å². The summed E-state index contributed by atoms with van der Waals surface area (Å²) in [5.41, 5.74) is 2.76. The van der Waals surface area contributed by atoms with Gasteiger partial charge in [-0.1, -0.05) is 24.3 Å². The molecule has 0 bridgehead atoms. The van der Waals surface area contributed by atoms with Gasteiger partial charge in [0.1, 0.15) is 0 Å². The van der Waals surface area contributed by atoms with Gasteiger partial charge in [0.2, 0.25) is 5.91 Å². The van der Waals surface area contributed by atoms with Crippen LogP contribution in [0.25, 0.3) is 5.69 Å². The average Bonchev–Trinajstić information content (AvgIpc) is 3.11. The lowest BCUT2D eigenvalue weighted by atomic mass is 10.1. The van der Waals surface area contributed by atoms with Crippen molar-refractivity contribution in [1.29, 1.82) is 0 Å². The molecule has 0 saturated heterocycles. The quantitative estimate of drug-likeness (QED) is 0.475. The number of rotatable bonds is 6. The molecule has 0 atom stereocenters. The maximum absolute atomic E-state index is 12.8. The van der Waals surface area contributed by atoms with Crippen LogP contribution in [0.15, 0.2) is 42.5 Å². The molecule has 0 aliphatic carbocycles. The summed E-state index contributed by atoms with van der Waals surface area (Å²) in [6, 6.07) is 11.1. The predicted molar refractivity (Wildman–Crippen MR) is 111 cm³/mol. The number of nitro benzene ring substituents is 1. The fourth-order valence-electron chi connectivity index (χ4n) is 2.79. The smallest absolute Gasteiger partial charge is 0.278 e. The minimum Gasteiger partial charge on any atom is -0.326 e. The van der Waals surface area contributed by atoms with Crippen molar-refractivity contribution in [2.24, 2.45) is 0 Å². The molecule has 0 aliphatic heterocycles. The topological polar surface area (TPSA) is 132 Å². The Hall–Kier alpha value is -4.08. The van der Waals surface area contributed by atoms with Gasteiger partial charge in [0, 0.05) is 29.9 Å². The van der Waals surface area contributed by atoms with E-state index >= 15 is 0 Å². The number of nitrogens with zero attached hydrogens (tertiary/aromatic N) is 4. The van der Waals surface area contributed by atoms with E-state index in [1.165, 1.54) is 22.9 Å². The second-order valence-electron chi connectivity index (χ2n) is 6.60. The Kier molecular flexibility index (Phi) is 5.86. The third-order valence-corrected chi connectivity index (χ3v) is 4.49. The van der Waals surface area contributed by atoms with Crippen molar-refractivity contribution in [3.8, 4) is 5.69 Å². The molecular weight excluding hydrogens is 388 g/mol. The lowest BCUT2D eigenvalue weighted by Crippen LogP contribution is -2.16. The molecule has 0 unspecified atom stereocenters. The highest BCUT2D eigenvalue weighted by Gasteiger charge is 2.19. The van der Waals surface area contributed by atoms with Crippen LogP contribution in [0.5, 0.6) is 0 Å². The fraction of sp³-hybridized carbons (Fsp3) is 0.200. The van der Waals surface area contributed by atoms with E-state index in [1.807, 2.05) is 6.92 Å². The van der Waals surface area contributed by atoms with E-state index in [-0.39, 0.29) is 17.3 Å². The SMILES string of the molecule is CCC(=O)Nc1ccc(C)c(NC(=O)c2nnn(-c3cccc([N+](=O)[O-])c3)c2C)c1. The second kappa shape index (κ2) is 8.52. The predicted octanol–water partition coefficient (Wildman–Crippen LogP) is 3.39. The number of benzene rings is 2. The van der Waals surface area contributed by atoms with Crippen LogP contribution in [-0.4, -0.2) is 31.7 Å². The molecule has 30 heavy (non-hydrogen) atoms. The highest BCUT2D eigenvalue weighted by atomic mass is 16.6. The summed E-state index contributed by atoms with van der Waals surface area (Å²) in [6.45, 7) is 5.23. The maximum atomic E-state index is 12.8. The van der Waals surface area contributed by atoms with Crippen LogP contribution >= 0.6 is 0 Å². The van der Waals surface area contributed by atoms with E-state index in [2.05, 4.69) is 20.9 Å². The standard InChI is InChI=1S/C20H20N6O4/c1-4-18(27)21-14-9-8-12(2)17(10-14)22-20(28)19-13(3)25(24-23-19)15-6-5-7-16(11-15)26(29)30/h5-11H,4H2,1-3H3,(H,21,27)(H,22,28). The minimum absolute atomic E-state index is 0.0869. The number of amides is 2. The van der Waals surface area contributed by atoms with E-state index < -0.39 is 10.8 Å². The zero-order valence-corrected chi connectivity index (χ0v) is 16.7. The Bertz CT molecular complexity index is 1140. The Labute approximate surface area is 172 Å². The highest BCUT2D eigenvalue weighted by molar-refractivity contribution is 6.04. The summed E-state index contributed by atoms with van der Waals surface area (Å²) in [5.74, 6) is -0.613. The molecule has 3 aromatic rings. The minimum atomic E-state index is -0.504. The first-order chi connectivity index (χ1) is 14.3. The molecule has 1 aromatic heterocycles. The van der Waals surface area contributed by atoms with E-state index in [0.717, 1.165) is 5.56 Å². The van der Waals surface area contributed by atoms with Gasteiger partial charge >= 0.3 is 0 Å². The monoisotopic (exact) mass is 408 g/mol. The summed E-state index contributed by atoms with van der Waals surface area (Å²) in [4.78, 5) is 34.9. The molecule has 0 fully saturated rings. The maximum Gasteiger partial charge on any atom is 0.278 e. The highest BCUT2D eigenvalue weighted by Crippen LogP contribution is 2.22. The van der Waals surface area contributed by atoms with Crippen molar-refractivity contribution < 1.29 is 14.5 Å². The van der Waals surface area contributed by atoms with Gasteiger partial charge in [0.05, 0.1) is 16.3 Å². The van der Waals surface area contributed by atoms with Gasteiger partial charge in [0.25, 0.3) is 11.6 Å². The zero-order chi connectivity index (χ0) is 21.8. The van der Waals surface area contributed by atoms with Crippen LogP contribution in [0.3, 0.4) is 0 Å². The normalized spacial score (nSPS) is 10.5. The molecule has 10 heteroatoms. The van der Waals surface area contributed by atoms with E-state index in [1.54, 1.807) is 38.1 Å². The largest absolute Gasteiger partial charge is 0.326 e. The lowest BCUT2D eigenvalue weighted by Gasteiger charge is -2.11. The van der Waals surface area contributed by atoms with Crippen molar-refractivity contribution in [3.05, 3.63) is 69.5 Å². The Morgan fingerprint density at radius 3 is 2.60 bits per heavy atom. The Balaban J connectivity index is 1.85. The Morgan fingerprint density at radius 1 is 1.13 bits per heavy atom. The summed E-state index contributed by atoms with van der Waals surface area (Å²) < 4.78 is 1.37. The first-order valence-corrected chi connectivity index (χ1v) is 9.19. The summed E-state index contributed by atoms with van der Waals surface area (Å²) in [7, 11) is 0. The molecule has 154 valence electrons. The third-order valence-electron chi connectivity index (χ3n) is 4.49. The number of hydrogen-bond acceptors (Lipinski definition) is 6. The van der Waals surface area contributed by atoms with E-state index in [4.69, 9.17) is 0 Å². The van der Waals surface area contributed by atoms with E-state index in [0.29, 0.717) is 29.2 Å². The fourth-order valence-corrected chi connectivity index (χ4v) is 2.79. The molecule has 10 nitrogen and oxygen atoms in total. The molecule has 2 aromatic carbocycles. The van der Waals surface area contributed by atoms with Crippen LogP contribution in [0.1, 0.15) is 35.1 Å². The van der Waals surface area contributed by atoms with Crippen molar-refractivity contribution in [3.63, 3.8) is 0 Å². The first kappa shape index (κ1) is 20.6. The summed E-state index contributed by atoms with van der Waals surface area (Å²) in [6.07, 6.45) is 0.343. The molecular formula is C20H20N6O4. The molecule has 2 amide bonds. The number of hydrogen-bond donors (Lipinski definition) is 2. The number of non-ortho nitro benzene ring substituents is 1. The number of nitrogens with one attached hydrogen (secondary N) is 2.